The molecule has 0 aliphatic carbocycles. The molecule has 1 unspecified atom stereocenters. The number of methoxy groups -OCH3 is 1. The maximum absolute atomic E-state index is 15.0. The van der Waals surface area contributed by atoms with Gasteiger partial charge in [-0.1, -0.05) is 19.1 Å². The van der Waals surface area contributed by atoms with Crippen molar-refractivity contribution < 1.29 is 32.2 Å². The van der Waals surface area contributed by atoms with Crippen LogP contribution in [0.25, 0.3) is 22.0 Å². The van der Waals surface area contributed by atoms with Gasteiger partial charge in [-0.05, 0) is 43.2 Å². The molecular formula is C24H26FNO7S. The van der Waals surface area contributed by atoms with Crippen molar-refractivity contribution in [1.82, 2.24) is 4.57 Å². The number of carboxylic acids is 1. The second-order valence-corrected chi connectivity index (χ2v) is 10.2. The van der Waals surface area contributed by atoms with E-state index in [1.807, 2.05) is 6.92 Å². The maximum atomic E-state index is 15.0. The van der Waals surface area contributed by atoms with E-state index in [-0.39, 0.29) is 28.8 Å². The molecule has 2 aromatic carbocycles. The zero-order valence-electron chi connectivity index (χ0n) is 19.1. The zero-order valence-corrected chi connectivity index (χ0v) is 19.9. The number of halogens is 1. The Morgan fingerprint density at radius 2 is 1.85 bits per heavy atom. The molecule has 0 saturated carbocycles. The number of hydrogen-bond acceptors (Lipinski definition) is 6. The highest BCUT2D eigenvalue weighted by Crippen LogP contribution is 2.30. The maximum Gasteiger partial charge on any atom is 0.321 e. The number of hydrogen-bond donors (Lipinski definition) is 1. The van der Waals surface area contributed by atoms with E-state index in [0.717, 1.165) is 13.0 Å². The predicted molar refractivity (Wildman–Crippen MR) is 127 cm³/mol. The Bertz CT molecular complexity index is 1360. The highest BCUT2D eigenvalue weighted by molar-refractivity contribution is 7.92. The van der Waals surface area contributed by atoms with Gasteiger partial charge in [-0.15, -0.1) is 0 Å². The van der Waals surface area contributed by atoms with Gasteiger partial charge in [0.1, 0.15) is 17.3 Å². The smallest absolute Gasteiger partial charge is 0.321 e. The van der Waals surface area contributed by atoms with Crippen LogP contribution in [0.3, 0.4) is 0 Å². The number of nitrogens with zero attached hydrogens (tertiary/aromatic N) is 1. The monoisotopic (exact) mass is 491 g/mol. The van der Waals surface area contributed by atoms with E-state index in [9.17, 15) is 22.4 Å². The number of ether oxygens (including phenoxy) is 2. The Kier molecular flexibility index (Phi) is 7.61. The number of carboxylic acid groups (broad SMARTS) is 1. The van der Waals surface area contributed by atoms with Gasteiger partial charge in [-0.25, -0.2) is 12.8 Å². The highest BCUT2D eigenvalue weighted by Gasteiger charge is 2.28. The molecule has 1 heterocycles. The van der Waals surface area contributed by atoms with E-state index in [1.165, 1.54) is 23.9 Å². The Morgan fingerprint density at radius 1 is 1.18 bits per heavy atom. The summed E-state index contributed by atoms with van der Waals surface area (Å²) in [6, 6.07) is 9.12. The summed E-state index contributed by atoms with van der Waals surface area (Å²) in [6.07, 6.45) is 2.11. The molecule has 0 aliphatic rings. The second kappa shape index (κ2) is 10.3. The number of aryl methyl sites for hydroxylation is 1. The van der Waals surface area contributed by atoms with Gasteiger partial charge < -0.3 is 19.1 Å². The summed E-state index contributed by atoms with van der Waals surface area (Å²) < 4.78 is 52.3. The van der Waals surface area contributed by atoms with Crippen molar-refractivity contribution in [1.29, 1.82) is 0 Å². The molecule has 1 aromatic heterocycles. The molecule has 0 saturated heterocycles. The van der Waals surface area contributed by atoms with E-state index in [1.54, 1.807) is 24.3 Å². The third kappa shape index (κ3) is 5.06. The lowest BCUT2D eigenvalue weighted by molar-refractivity contribution is -0.136. The lowest BCUT2D eigenvalue weighted by Crippen LogP contribution is -2.30. The van der Waals surface area contributed by atoms with Gasteiger partial charge in [0.2, 0.25) is 0 Å². The number of carbonyl (C=O) groups is 1. The molecule has 8 nitrogen and oxygen atoms in total. The number of fused-ring (bicyclic) bond motifs is 1. The van der Waals surface area contributed by atoms with Gasteiger partial charge in [0, 0.05) is 18.3 Å². The van der Waals surface area contributed by atoms with E-state index >= 15 is 0 Å². The van der Waals surface area contributed by atoms with Crippen LogP contribution in [0.4, 0.5) is 4.39 Å². The molecule has 34 heavy (non-hydrogen) atoms. The van der Waals surface area contributed by atoms with E-state index in [0.29, 0.717) is 24.3 Å². The molecule has 0 aliphatic heterocycles. The van der Waals surface area contributed by atoms with Gasteiger partial charge in [0.25, 0.3) is 0 Å². The first-order valence-corrected chi connectivity index (χ1v) is 12.4. The SMILES string of the molecule is CCCOc1ccc(F)c2c(=O)c(-c3ccc(OC)cc3)cn(CCS(=O)(=O)C(C)C(=O)O)c12. The van der Waals surface area contributed by atoms with Crippen LogP contribution in [0.15, 0.2) is 47.4 Å². The van der Waals surface area contributed by atoms with Crippen molar-refractivity contribution in [3.8, 4) is 22.6 Å². The molecule has 3 rings (SSSR count). The summed E-state index contributed by atoms with van der Waals surface area (Å²) in [4.78, 5) is 24.6. The van der Waals surface area contributed by atoms with Crippen LogP contribution < -0.4 is 14.9 Å². The molecule has 10 heteroatoms. The quantitative estimate of drug-likeness (QED) is 0.462. The molecule has 0 radical (unpaired) electrons. The van der Waals surface area contributed by atoms with Crippen LogP contribution in [-0.4, -0.2) is 48.8 Å². The predicted octanol–water partition coefficient (Wildman–Crippen LogP) is 3.49. The first-order chi connectivity index (χ1) is 16.1. The molecule has 182 valence electrons. The van der Waals surface area contributed by atoms with Crippen LogP contribution >= 0.6 is 0 Å². The third-order valence-corrected chi connectivity index (χ3v) is 7.53. The molecule has 0 fully saturated rings. The van der Waals surface area contributed by atoms with Crippen molar-refractivity contribution in [3.05, 3.63) is 58.6 Å². The van der Waals surface area contributed by atoms with Crippen LogP contribution in [0, 0.1) is 5.82 Å². The zero-order chi connectivity index (χ0) is 25.0. The summed E-state index contributed by atoms with van der Waals surface area (Å²) >= 11 is 0. The summed E-state index contributed by atoms with van der Waals surface area (Å²) in [5.74, 6) is -1.94. The largest absolute Gasteiger partial charge is 0.497 e. The first-order valence-electron chi connectivity index (χ1n) is 10.7. The Labute approximate surface area is 196 Å². The molecular weight excluding hydrogens is 465 g/mol. The fourth-order valence-corrected chi connectivity index (χ4v) is 4.61. The van der Waals surface area contributed by atoms with Gasteiger partial charge in [-0.2, -0.15) is 0 Å². The molecule has 0 bridgehead atoms. The number of pyridine rings is 1. The molecule has 0 amide bonds. The van der Waals surface area contributed by atoms with E-state index < -0.39 is 38.1 Å². The topological polar surface area (TPSA) is 112 Å². The van der Waals surface area contributed by atoms with Crippen molar-refractivity contribution in [2.75, 3.05) is 19.5 Å². The fourth-order valence-electron chi connectivity index (χ4n) is 3.50. The number of rotatable bonds is 10. The fraction of sp³-hybridized carbons (Fsp3) is 0.333. The lowest BCUT2D eigenvalue weighted by Gasteiger charge is -2.18. The van der Waals surface area contributed by atoms with Crippen LogP contribution in [0.1, 0.15) is 20.3 Å². The Balaban J connectivity index is 2.24. The minimum Gasteiger partial charge on any atom is -0.497 e. The van der Waals surface area contributed by atoms with Gasteiger partial charge in [0.15, 0.2) is 20.5 Å². The van der Waals surface area contributed by atoms with Crippen molar-refractivity contribution in [3.63, 3.8) is 0 Å². The Hall–Kier alpha value is -3.40. The molecule has 1 atom stereocenters. The summed E-state index contributed by atoms with van der Waals surface area (Å²) in [5.41, 5.74) is 0.194. The minimum absolute atomic E-state index is 0.119. The standard InChI is InChI=1S/C24H26FNO7S/c1-4-12-33-20-10-9-19(25)21-22(20)26(11-13-34(30,31)15(2)24(28)29)14-18(23(21)27)16-5-7-17(32-3)8-6-16/h5-10,14-15H,4,11-13H2,1-3H3,(H,28,29). The number of aromatic nitrogens is 1. The van der Waals surface area contributed by atoms with Gasteiger partial charge >= 0.3 is 5.97 Å². The first kappa shape index (κ1) is 25.2. The molecule has 3 aromatic rings. The molecule has 0 spiro atoms. The average Bonchev–Trinajstić information content (AvgIpc) is 2.82. The van der Waals surface area contributed by atoms with Crippen molar-refractivity contribution >= 4 is 26.7 Å². The van der Waals surface area contributed by atoms with Crippen molar-refractivity contribution in [2.24, 2.45) is 0 Å². The van der Waals surface area contributed by atoms with Gasteiger partial charge in [-0.3, -0.25) is 9.59 Å². The van der Waals surface area contributed by atoms with Crippen LogP contribution in [0.2, 0.25) is 0 Å². The summed E-state index contributed by atoms with van der Waals surface area (Å²) in [7, 11) is -2.51. The lowest BCUT2D eigenvalue weighted by atomic mass is 10.0. The normalized spacial score (nSPS) is 12.5. The van der Waals surface area contributed by atoms with Crippen molar-refractivity contribution in [2.45, 2.75) is 32.1 Å². The van der Waals surface area contributed by atoms with Crippen LogP contribution in [0.5, 0.6) is 11.5 Å². The van der Waals surface area contributed by atoms with Gasteiger partial charge in [0.05, 0.1) is 30.4 Å². The highest BCUT2D eigenvalue weighted by atomic mass is 32.2. The number of sulfone groups is 1. The van der Waals surface area contributed by atoms with E-state index in [2.05, 4.69) is 0 Å². The Morgan fingerprint density at radius 3 is 2.44 bits per heavy atom. The number of aliphatic carboxylic acids is 1. The minimum atomic E-state index is -4.01. The summed E-state index contributed by atoms with van der Waals surface area (Å²) in [6.45, 7) is 3.09. The van der Waals surface area contributed by atoms with Crippen LogP contribution in [-0.2, 0) is 21.2 Å². The number of benzene rings is 2. The summed E-state index contributed by atoms with van der Waals surface area (Å²) in [5, 5.41) is 7.29. The van der Waals surface area contributed by atoms with E-state index in [4.69, 9.17) is 14.6 Å². The molecule has 1 N–H and O–H groups in total. The second-order valence-electron chi connectivity index (χ2n) is 7.76. The third-order valence-electron chi connectivity index (χ3n) is 5.50. The average molecular weight is 492 g/mol.